The quantitative estimate of drug-likeness (QED) is 0.526. The number of nitrogen functional groups attached to an aromatic ring is 1. The lowest BCUT2D eigenvalue weighted by Gasteiger charge is -1.96. The summed E-state index contributed by atoms with van der Waals surface area (Å²) in [5.74, 6) is -0.700. The summed E-state index contributed by atoms with van der Waals surface area (Å²) >= 11 is 0. The van der Waals surface area contributed by atoms with Crippen molar-refractivity contribution in [2.45, 2.75) is 0 Å². The van der Waals surface area contributed by atoms with E-state index in [0.29, 0.717) is 0 Å². The van der Waals surface area contributed by atoms with Gasteiger partial charge in [-0.3, -0.25) is 10.1 Å². The molecule has 1 heterocycles. The van der Waals surface area contributed by atoms with Gasteiger partial charge < -0.3 is 15.8 Å². The molecule has 0 fully saturated rings. The normalized spacial score (nSPS) is 9.54. The molecule has 0 amide bonds. The van der Waals surface area contributed by atoms with Crippen molar-refractivity contribution in [2.75, 3.05) is 5.73 Å². The summed E-state index contributed by atoms with van der Waals surface area (Å²) in [6.45, 7) is 0. The molecule has 0 saturated heterocycles. The smallest absolute Gasteiger partial charge is 0.386 e. The van der Waals surface area contributed by atoms with E-state index in [1.807, 2.05) is 0 Å². The molecule has 0 aliphatic carbocycles. The first kappa shape index (κ1) is 8.84. The van der Waals surface area contributed by atoms with Crippen LogP contribution in [0, 0.1) is 20.2 Å². The van der Waals surface area contributed by atoms with E-state index in [9.17, 15) is 20.2 Å². The summed E-state index contributed by atoms with van der Waals surface area (Å²) in [5, 5.41) is 20.5. The summed E-state index contributed by atoms with van der Waals surface area (Å²) in [4.78, 5) is 22.1. The maximum absolute atomic E-state index is 10.3. The van der Waals surface area contributed by atoms with Crippen LogP contribution >= 0.6 is 0 Å². The Bertz CT molecular complexity index is 345. The van der Waals surface area contributed by atoms with E-state index in [1.54, 1.807) is 0 Å². The Balaban J connectivity index is 3.35. The molecule has 0 saturated carbocycles. The lowest BCUT2D eigenvalue weighted by molar-refractivity contribution is -0.395. The van der Waals surface area contributed by atoms with Crippen molar-refractivity contribution >= 4 is 17.2 Å². The van der Waals surface area contributed by atoms with Gasteiger partial charge in [0, 0.05) is 0 Å². The Labute approximate surface area is 71.3 Å². The molecule has 8 heteroatoms. The van der Waals surface area contributed by atoms with Crippen LogP contribution < -0.4 is 5.73 Å². The van der Waals surface area contributed by atoms with Crippen LogP contribution in [-0.4, -0.2) is 14.8 Å². The van der Waals surface area contributed by atoms with Crippen LogP contribution in [0.2, 0.25) is 0 Å². The molecule has 0 aliphatic rings. The molecule has 1 aromatic heterocycles. The first-order chi connectivity index (χ1) is 6.04. The number of nitrogens with zero attached hydrogens (tertiary/aromatic N) is 3. The molecular weight excluding hydrogens is 180 g/mol. The minimum atomic E-state index is -0.873. The van der Waals surface area contributed by atoms with Gasteiger partial charge in [-0.25, -0.2) is 0 Å². The van der Waals surface area contributed by atoms with Crippen LogP contribution in [0.15, 0.2) is 12.3 Å². The van der Waals surface area contributed by atoms with Crippen LogP contribution in [0.1, 0.15) is 0 Å². The zero-order valence-corrected chi connectivity index (χ0v) is 6.21. The van der Waals surface area contributed by atoms with E-state index in [4.69, 9.17) is 5.73 Å². The topological polar surface area (TPSA) is 125 Å². The Morgan fingerprint density at radius 1 is 1.31 bits per heavy atom. The van der Waals surface area contributed by atoms with Gasteiger partial charge in [0.25, 0.3) is 0 Å². The maximum Gasteiger partial charge on any atom is 0.393 e. The summed E-state index contributed by atoms with van der Waals surface area (Å²) in [6.07, 6.45) is 0.965. The zero-order valence-electron chi connectivity index (χ0n) is 6.21. The second-order valence-electron chi connectivity index (χ2n) is 2.08. The van der Waals surface area contributed by atoms with Gasteiger partial charge >= 0.3 is 11.5 Å². The van der Waals surface area contributed by atoms with Gasteiger partial charge in [-0.05, 0) is 9.91 Å². The van der Waals surface area contributed by atoms with Gasteiger partial charge in [-0.1, -0.05) is 0 Å². The highest BCUT2D eigenvalue weighted by Gasteiger charge is 2.23. The molecule has 1 rings (SSSR count). The maximum atomic E-state index is 10.3. The summed E-state index contributed by atoms with van der Waals surface area (Å²) in [5.41, 5.74) is 4.10. The van der Waals surface area contributed by atoms with E-state index < -0.39 is 27.0 Å². The number of aromatic nitrogens is 1. The van der Waals surface area contributed by atoms with E-state index in [-0.39, 0.29) is 0 Å². The number of rotatable bonds is 2. The minimum absolute atomic E-state index is 0.512. The number of hydrogen-bond donors (Lipinski definition) is 1. The molecule has 68 valence electrons. The predicted molar refractivity (Wildman–Crippen MR) is 42.0 cm³/mol. The number of nitrogens with two attached hydrogens (primary N) is 1. The average Bonchev–Trinajstić information content (AvgIpc) is 2.03. The molecule has 1 aromatic rings. The van der Waals surface area contributed by atoms with Crippen molar-refractivity contribution in [3.63, 3.8) is 0 Å². The molecule has 0 unspecified atom stereocenters. The van der Waals surface area contributed by atoms with E-state index in [1.165, 1.54) is 0 Å². The third kappa shape index (κ3) is 1.50. The highest BCUT2D eigenvalue weighted by Crippen LogP contribution is 2.27. The number of pyridine rings is 1. The Hall–Kier alpha value is -2.25. The first-order valence-corrected chi connectivity index (χ1v) is 3.07. The van der Waals surface area contributed by atoms with Crippen molar-refractivity contribution in [3.8, 4) is 0 Å². The molecule has 0 spiro atoms. The van der Waals surface area contributed by atoms with E-state index in [2.05, 4.69) is 4.98 Å². The van der Waals surface area contributed by atoms with Crippen LogP contribution in [0.3, 0.4) is 0 Å². The number of anilines is 1. The average molecular weight is 184 g/mol. The molecule has 8 nitrogen and oxygen atoms in total. The molecule has 0 aromatic carbocycles. The van der Waals surface area contributed by atoms with Crippen LogP contribution in [0.5, 0.6) is 0 Å². The van der Waals surface area contributed by atoms with Gasteiger partial charge in [0.15, 0.2) is 0 Å². The Morgan fingerprint density at radius 3 is 2.38 bits per heavy atom. The lowest BCUT2D eigenvalue weighted by atomic mass is 10.3. The van der Waals surface area contributed by atoms with Crippen molar-refractivity contribution in [3.05, 3.63) is 32.5 Å². The van der Waals surface area contributed by atoms with Crippen molar-refractivity contribution in [1.29, 1.82) is 0 Å². The van der Waals surface area contributed by atoms with Crippen molar-refractivity contribution in [1.82, 2.24) is 4.98 Å². The summed E-state index contributed by atoms with van der Waals surface area (Å²) < 4.78 is 0. The highest BCUT2D eigenvalue weighted by molar-refractivity contribution is 5.66. The third-order valence-electron chi connectivity index (χ3n) is 1.32. The number of nitro groups is 2. The molecule has 0 atom stereocenters. The third-order valence-corrected chi connectivity index (χ3v) is 1.32. The largest absolute Gasteiger partial charge is 0.393 e. The van der Waals surface area contributed by atoms with Crippen LogP contribution in [0.4, 0.5) is 17.2 Å². The van der Waals surface area contributed by atoms with Gasteiger partial charge in [0.1, 0.15) is 6.20 Å². The Morgan fingerprint density at radius 2 is 1.92 bits per heavy atom. The van der Waals surface area contributed by atoms with Crippen LogP contribution in [0.25, 0.3) is 0 Å². The standard InChI is InChI=1S/C5H4N4O4/c6-4-3(8(10)11)1-2-7-5(4)9(12)13/h1-2H,6H2. The van der Waals surface area contributed by atoms with Crippen LogP contribution in [-0.2, 0) is 0 Å². The van der Waals surface area contributed by atoms with Crippen molar-refractivity contribution < 1.29 is 9.85 Å². The summed E-state index contributed by atoms with van der Waals surface area (Å²) in [6, 6.07) is 1.00. The fraction of sp³-hybridized carbons (Fsp3) is 0. The van der Waals surface area contributed by atoms with Gasteiger partial charge in [-0.2, -0.15) is 0 Å². The SMILES string of the molecule is Nc1c([N+](=O)[O-])ccnc1[N+](=O)[O-]. The highest BCUT2D eigenvalue weighted by atomic mass is 16.6. The fourth-order valence-corrected chi connectivity index (χ4v) is 0.757. The van der Waals surface area contributed by atoms with E-state index >= 15 is 0 Å². The second-order valence-corrected chi connectivity index (χ2v) is 2.08. The molecule has 0 radical (unpaired) electrons. The fourth-order valence-electron chi connectivity index (χ4n) is 0.757. The molecule has 0 aliphatic heterocycles. The zero-order chi connectivity index (χ0) is 10.0. The first-order valence-electron chi connectivity index (χ1n) is 3.07. The predicted octanol–water partition coefficient (Wildman–Crippen LogP) is 0.480. The second kappa shape index (κ2) is 3.01. The number of hydrogen-bond acceptors (Lipinski definition) is 6. The lowest BCUT2D eigenvalue weighted by Crippen LogP contribution is -2.02. The monoisotopic (exact) mass is 184 g/mol. The van der Waals surface area contributed by atoms with Gasteiger partial charge in [0.05, 0.1) is 11.0 Å². The van der Waals surface area contributed by atoms with Gasteiger partial charge in [0.2, 0.25) is 5.69 Å². The Kier molecular flexibility index (Phi) is 2.05. The van der Waals surface area contributed by atoms with Gasteiger partial charge in [-0.15, -0.1) is 0 Å². The van der Waals surface area contributed by atoms with Crippen molar-refractivity contribution in [2.24, 2.45) is 0 Å². The molecule has 2 N–H and O–H groups in total. The molecule has 0 bridgehead atoms. The summed E-state index contributed by atoms with van der Waals surface area (Å²) in [7, 11) is 0. The molecule has 13 heavy (non-hydrogen) atoms. The van der Waals surface area contributed by atoms with E-state index in [0.717, 1.165) is 12.3 Å². The minimum Gasteiger partial charge on any atom is -0.386 e. The molecular formula is C5H4N4O4.